The van der Waals surface area contributed by atoms with Crippen molar-refractivity contribution in [3.05, 3.63) is 104 Å². The van der Waals surface area contributed by atoms with Gasteiger partial charge in [0.2, 0.25) is 5.91 Å². The van der Waals surface area contributed by atoms with E-state index in [0.717, 1.165) is 33.2 Å². The summed E-state index contributed by atoms with van der Waals surface area (Å²) in [4.78, 5) is 17.1. The first kappa shape index (κ1) is 24.6. The summed E-state index contributed by atoms with van der Waals surface area (Å²) in [5.41, 5.74) is 4.57. The summed E-state index contributed by atoms with van der Waals surface area (Å²) >= 11 is 13.8. The summed E-state index contributed by atoms with van der Waals surface area (Å²) in [7, 11) is 0. The number of amides is 1. The highest BCUT2D eigenvalue weighted by molar-refractivity contribution is 8.03. The maximum absolute atomic E-state index is 13.2. The number of hydrogen-bond acceptors (Lipinski definition) is 5. The first-order chi connectivity index (χ1) is 17.4. The molecule has 3 aromatic rings. The van der Waals surface area contributed by atoms with Crippen LogP contribution in [0.4, 0.5) is 5.69 Å². The zero-order valence-corrected chi connectivity index (χ0v) is 21.9. The third-order valence-corrected chi connectivity index (χ3v) is 8.29. The van der Waals surface area contributed by atoms with Crippen molar-refractivity contribution in [2.24, 2.45) is 0 Å². The van der Waals surface area contributed by atoms with Gasteiger partial charge in [0.25, 0.3) is 0 Å². The molecule has 1 saturated heterocycles. The maximum atomic E-state index is 13.2. The van der Waals surface area contributed by atoms with E-state index in [-0.39, 0.29) is 18.2 Å². The Bertz CT molecular complexity index is 1370. The van der Waals surface area contributed by atoms with Crippen LogP contribution in [0.15, 0.2) is 77.3 Å². The molecular weight excluding hydrogens is 513 g/mol. The van der Waals surface area contributed by atoms with Crippen molar-refractivity contribution in [3.8, 4) is 11.8 Å². The molecule has 0 radical (unpaired) electrons. The molecule has 8 heteroatoms. The Labute approximate surface area is 224 Å². The van der Waals surface area contributed by atoms with E-state index in [0.29, 0.717) is 34.8 Å². The van der Waals surface area contributed by atoms with Gasteiger partial charge in [-0.15, -0.1) is 0 Å². The quantitative estimate of drug-likeness (QED) is 0.348. The highest BCUT2D eigenvalue weighted by atomic mass is 35.5. The van der Waals surface area contributed by atoms with Gasteiger partial charge in [0, 0.05) is 28.1 Å². The highest BCUT2D eigenvalue weighted by Crippen LogP contribution is 2.44. The highest BCUT2D eigenvalue weighted by Gasteiger charge is 2.38. The summed E-state index contributed by atoms with van der Waals surface area (Å²) in [5, 5.41) is 12.2. The van der Waals surface area contributed by atoms with E-state index in [1.807, 2.05) is 73.7 Å². The third kappa shape index (κ3) is 4.92. The number of allylic oxidation sites excluding steroid dienone is 1. The topological polar surface area (TPSA) is 56.6 Å². The minimum atomic E-state index is -0.272. The number of nitrogens with zero attached hydrogens (tertiary/aromatic N) is 3. The molecule has 5 rings (SSSR count). The Morgan fingerprint density at radius 2 is 1.83 bits per heavy atom. The van der Waals surface area contributed by atoms with Crippen molar-refractivity contribution in [2.75, 3.05) is 17.4 Å². The number of nitriles is 1. The van der Waals surface area contributed by atoms with Crippen molar-refractivity contribution in [3.63, 3.8) is 0 Å². The zero-order valence-electron chi connectivity index (χ0n) is 19.6. The van der Waals surface area contributed by atoms with Crippen LogP contribution in [0.5, 0.6) is 5.75 Å². The van der Waals surface area contributed by atoms with E-state index in [9.17, 15) is 10.1 Å². The van der Waals surface area contributed by atoms with Gasteiger partial charge in [-0.25, -0.2) is 0 Å². The lowest BCUT2D eigenvalue weighted by Crippen LogP contribution is -2.47. The molecule has 1 atom stereocenters. The molecule has 3 aromatic carbocycles. The van der Waals surface area contributed by atoms with Crippen molar-refractivity contribution in [2.45, 2.75) is 25.9 Å². The molecule has 5 nitrogen and oxygen atoms in total. The molecule has 1 amide bonds. The van der Waals surface area contributed by atoms with E-state index < -0.39 is 0 Å². The first-order valence-electron chi connectivity index (χ1n) is 11.5. The second-order valence-electron chi connectivity index (χ2n) is 8.73. The van der Waals surface area contributed by atoms with Crippen molar-refractivity contribution in [1.29, 1.82) is 5.26 Å². The number of rotatable bonds is 5. The SMILES string of the molecule is Cc1c(Cl)cccc1N1CSC2=C(C#N)[C@@H](c3ccc(OCc4ccc(Cl)cc4)cc3)CC(=O)N2C1. The molecule has 0 spiro atoms. The fourth-order valence-corrected chi connectivity index (χ4v) is 5.94. The molecule has 0 aliphatic carbocycles. The number of benzene rings is 3. The number of hydrogen-bond donors (Lipinski definition) is 0. The standard InChI is InChI=1S/C28H23Cl2N3O2S/c1-18-25(30)3-2-4-26(18)32-16-33-27(34)13-23(24(14-31)28(33)36-17-32)20-7-11-22(12-8-20)35-15-19-5-9-21(29)10-6-19/h2-12,23H,13,15-17H2,1H3/t23-/m1/s1. The van der Waals surface area contributed by atoms with Gasteiger partial charge in [0.15, 0.2) is 0 Å². The zero-order chi connectivity index (χ0) is 25.2. The average Bonchev–Trinajstić information content (AvgIpc) is 2.90. The van der Waals surface area contributed by atoms with Crippen LogP contribution in [0.1, 0.15) is 29.0 Å². The number of ether oxygens (including phenoxy) is 1. The van der Waals surface area contributed by atoms with Crippen LogP contribution in [-0.4, -0.2) is 23.4 Å². The molecule has 36 heavy (non-hydrogen) atoms. The van der Waals surface area contributed by atoms with Gasteiger partial charge in [-0.1, -0.05) is 65.3 Å². The number of halogens is 2. The average molecular weight is 536 g/mol. The third-order valence-electron chi connectivity index (χ3n) is 6.47. The molecule has 2 aliphatic heterocycles. The number of fused-ring (bicyclic) bond motifs is 1. The number of carbonyl (C=O) groups is 1. The summed E-state index contributed by atoms with van der Waals surface area (Å²) in [6.45, 7) is 2.81. The molecule has 182 valence electrons. The van der Waals surface area contributed by atoms with Gasteiger partial charge in [0.05, 0.1) is 29.2 Å². The fourth-order valence-electron chi connectivity index (χ4n) is 4.48. The smallest absolute Gasteiger partial charge is 0.229 e. The predicted octanol–water partition coefficient (Wildman–Crippen LogP) is 7.10. The lowest BCUT2D eigenvalue weighted by Gasteiger charge is -2.42. The summed E-state index contributed by atoms with van der Waals surface area (Å²) in [6, 6.07) is 23.4. The largest absolute Gasteiger partial charge is 0.489 e. The molecule has 0 saturated carbocycles. The van der Waals surface area contributed by atoms with Crippen LogP contribution in [0.2, 0.25) is 10.0 Å². The molecular formula is C28H23Cl2N3O2S. The first-order valence-corrected chi connectivity index (χ1v) is 13.2. The van der Waals surface area contributed by atoms with Crippen molar-refractivity contribution in [1.82, 2.24) is 4.90 Å². The maximum Gasteiger partial charge on any atom is 0.229 e. The Morgan fingerprint density at radius 3 is 2.56 bits per heavy atom. The van der Waals surface area contributed by atoms with Gasteiger partial charge in [-0.2, -0.15) is 5.26 Å². The molecule has 0 unspecified atom stereocenters. The van der Waals surface area contributed by atoms with Crippen molar-refractivity contribution < 1.29 is 9.53 Å². The Balaban J connectivity index is 1.33. The van der Waals surface area contributed by atoms with E-state index in [1.165, 1.54) is 11.8 Å². The molecule has 0 bridgehead atoms. The van der Waals surface area contributed by atoms with Gasteiger partial charge in [0.1, 0.15) is 12.4 Å². The van der Waals surface area contributed by atoms with E-state index >= 15 is 0 Å². The van der Waals surface area contributed by atoms with Gasteiger partial charge in [-0.05, 0) is 60.0 Å². The van der Waals surface area contributed by atoms with Crippen LogP contribution in [0.25, 0.3) is 0 Å². The van der Waals surface area contributed by atoms with Crippen LogP contribution in [-0.2, 0) is 11.4 Å². The van der Waals surface area contributed by atoms with Crippen LogP contribution in [0.3, 0.4) is 0 Å². The monoisotopic (exact) mass is 535 g/mol. The van der Waals surface area contributed by atoms with E-state index in [1.54, 1.807) is 4.90 Å². The number of carbonyl (C=O) groups excluding carboxylic acids is 1. The predicted molar refractivity (Wildman–Crippen MR) is 145 cm³/mol. The number of thioether (sulfide) groups is 1. The second kappa shape index (κ2) is 10.5. The fraction of sp³-hybridized carbons (Fsp3) is 0.214. The van der Waals surface area contributed by atoms with E-state index in [2.05, 4.69) is 11.0 Å². The lowest BCUT2D eigenvalue weighted by atomic mass is 9.86. The molecule has 2 aliphatic rings. The minimum Gasteiger partial charge on any atom is -0.489 e. The molecule has 1 fully saturated rings. The summed E-state index contributed by atoms with van der Waals surface area (Å²) < 4.78 is 5.89. The molecule has 0 N–H and O–H groups in total. The summed E-state index contributed by atoms with van der Waals surface area (Å²) in [5.74, 6) is 1.10. The lowest BCUT2D eigenvalue weighted by molar-refractivity contribution is -0.129. The van der Waals surface area contributed by atoms with Crippen LogP contribution >= 0.6 is 35.0 Å². The Kier molecular flexibility index (Phi) is 7.15. The van der Waals surface area contributed by atoms with Crippen LogP contribution < -0.4 is 9.64 Å². The minimum absolute atomic E-state index is 0.00828. The number of anilines is 1. The summed E-state index contributed by atoms with van der Waals surface area (Å²) in [6.07, 6.45) is 0.250. The van der Waals surface area contributed by atoms with Gasteiger partial charge in [-0.3, -0.25) is 9.69 Å². The molecule has 0 aromatic heterocycles. The van der Waals surface area contributed by atoms with E-state index in [4.69, 9.17) is 27.9 Å². The molecule has 2 heterocycles. The van der Waals surface area contributed by atoms with Crippen LogP contribution in [0, 0.1) is 18.3 Å². The van der Waals surface area contributed by atoms with Gasteiger partial charge < -0.3 is 9.64 Å². The van der Waals surface area contributed by atoms with Crippen molar-refractivity contribution >= 4 is 46.6 Å². The van der Waals surface area contributed by atoms with Gasteiger partial charge >= 0.3 is 0 Å². The Morgan fingerprint density at radius 1 is 1.08 bits per heavy atom. The normalized spacial score (nSPS) is 17.6. The Hall–Kier alpha value is -3.11. The second-order valence-corrected chi connectivity index (χ2v) is 10.5.